The van der Waals surface area contributed by atoms with Gasteiger partial charge in [0.05, 0.1) is 17.8 Å². The number of ether oxygens (including phenoxy) is 1. The summed E-state index contributed by atoms with van der Waals surface area (Å²) in [5, 5.41) is 3.30. The Morgan fingerprint density at radius 3 is 2.40 bits per heavy atom. The van der Waals surface area contributed by atoms with Crippen LogP contribution >= 0.6 is 11.6 Å². The summed E-state index contributed by atoms with van der Waals surface area (Å²) in [5.74, 6) is 0.193. The van der Waals surface area contributed by atoms with Crippen LogP contribution in [-0.4, -0.2) is 30.9 Å². The van der Waals surface area contributed by atoms with E-state index in [0.29, 0.717) is 27.6 Å². The van der Waals surface area contributed by atoms with Gasteiger partial charge in [-0.05, 0) is 48.9 Å². The molecule has 0 heterocycles. The molecule has 0 atom stereocenters. The third-order valence-corrected chi connectivity index (χ3v) is 5.04. The first-order chi connectivity index (χ1) is 14.4. The molecule has 0 spiro atoms. The van der Waals surface area contributed by atoms with E-state index in [4.69, 9.17) is 16.3 Å². The molecule has 0 saturated carbocycles. The lowest BCUT2D eigenvalue weighted by Crippen LogP contribution is -2.27. The van der Waals surface area contributed by atoms with Crippen molar-refractivity contribution in [1.82, 2.24) is 4.90 Å². The molecule has 5 nitrogen and oxygen atoms in total. The number of benzene rings is 3. The highest BCUT2D eigenvalue weighted by Crippen LogP contribution is 2.28. The molecule has 0 aliphatic rings. The van der Waals surface area contributed by atoms with Gasteiger partial charge in [0, 0.05) is 24.7 Å². The Bertz CT molecular complexity index is 1060. The van der Waals surface area contributed by atoms with Crippen molar-refractivity contribution in [3.8, 4) is 5.75 Å². The molecule has 0 unspecified atom stereocenters. The summed E-state index contributed by atoms with van der Waals surface area (Å²) in [4.78, 5) is 27.1. The summed E-state index contributed by atoms with van der Waals surface area (Å²) in [6.07, 6.45) is 0. The summed E-state index contributed by atoms with van der Waals surface area (Å²) in [7, 11) is 3.26. The number of halogens is 1. The Balaban J connectivity index is 1.81. The number of rotatable bonds is 6. The topological polar surface area (TPSA) is 58.6 Å². The predicted octanol–water partition coefficient (Wildman–Crippen LogP) is 5.18. The maximum Gasteiger partial charge on any atom is 0.255 e. The summed E-state index contributed by atoms with van der Waals surface area (Å²) < 4.78 is 5.20. The Morgan fingerprint density at radius 1 is 1.00 bits per heavy atom. The standard InChI is InChI=1S/C24H23ClN2O3/c1-16-10-12-17(13-11-16)23(28)26-22-19(7-5-9-21(22)25)15-27(2)24(29)18-6-4-8-20(14-18)30-3/h4-14H,15H2,1-3H3,(H,26,28). The number of aryl methyl sites for hydroxylation is 1. The van der Waals surface area contributed by atoms with Crippen LogP contribution in [0.15, 0.2) is 66.7 Å². The fourth-order valence-electron chi connectivity index (χ4n) is 3.03. The third-order valence-electron chi connectivity index (χ3n) is 4.72. The lowest BCUT2D eigenvalue weighted by Gasteiger charge is -2.20. The summed E-state index contributed by atoms with van der Waals surface area (Å²) >= 11 is 6.37. The van der Waals surface area contributed by atoms with Crippen molar-refractivity contribution >= 4 is 29.1 Å². The molecule has 0 aliphatic carbocycles. The van der Waals surface area contributed by atoms with Crippen molar-refractivity contribution in [2.24, 2.45) is 0 Å². The Kier molecular flexibility index (Phi) is 6.75. The average Bonchev–Trinajstić information content (AvgIpc) is 2.76. The van der Waals surface area contributed by atoms with Crippen LogP contribution in [0.25, 0.3) is 0 Å². The normalized spacial score (nSPS) is 10.4. The predicted molar refractivity (Wildman–Crippen MR) is 119 cm³/mol. The van der Waals surface area contributed by atoms with Crippen LogP contribution in [0.5, 0.6) is 5.75 Å². The number of nitrogens with one attached hydrogen (secondary N) is 1. The van der Waals surface area contributed by atoms with Crippen LogP contribution < -0.4 is 10.1 Å². The zero-order valence-corrected chi connectivity index (χ0v) is 17.9. The second-order valence-electron chi connectivity index (χ2n) is 6.99. The highest BCUT2D eigenvalue weighted by molar-refractivity contribution is 6.34. The number of carbonyl (C=O) groups excluding carboxylic acids is 2. The van der Waals surface area contributed by atoms with E-state index in [2.05, 4.69) is 5.32 Å². The highest BCUT2D eigenvalue weighted by Gasteiger charge is 2.17. The molecule has 0 fully saturated rings. The van der Waals surface area contributed by atoms with E-state index in [1.807, 2.05) is 25.1 Å². The van der Waals surface area contributed by atoms with Gasteiger partial charge in [0.25, 0.3) is 11.8 Å². The number of carbonyl (C=O) groups is 2. The maximum atomic E-state index is 12.8. The molecule has 154 valence electrons. The number of nitrogens with zero attached hydrogens (tertiary/aromatic N) is 1. The minimum atomic E-state index is -0.258. The van der Waals surface area contributed by atoms with Crippen LogP contribution in [0.4, 0.5) is 5.69 Å². The van der Waals surface area contributed by atoms with Crippen LogP contribution in [0.3, 0.4) is 0 Å². The van der Waals surface area contributed by atoms with E-state index in [-0.39, 0.29) is 18.4 Å². The molecule has 0 saturated heterocycles. The fourth-order valence-corrected chi connectivity index (χ4v) is 3.28. The number of methoxy groups -OCH3 is 1. The largest absolute Gasteiger partial charge is 0.497 e. The monoisotopic (exact) mass is 422 g/mol. The molecule has 0 aliphatic heterocycles. The van der Waals surface area contributed by atoms with Gasteiger partial charge in [-0.2, -0.15) is 0 Å². The van der Waals surface area contributed by atoms with Gasteiger partial charge in [-0.3, -0.25) is 9.59 Å². The zero-order chi connectivity index (χ0) is 21.7. The van der Waals surface area contributed by atoms with E-state index in [1.54, 1.807) is 67.6 Å². The molecule has 2 amide bonds. The van der Waals surface area contributed by atoms with Crippen LogP contribution in [0.2, 0.25) is 5.02 Å². The first kappa shape index (κ1) is 21.4. The van der Waals surface area contributed by atoms with Gasteiger partial charge < -0.3 is 15.0 Å². The first-order valence-corrected chi connectivity index (χ1v) is 9.81. The number of hydrogen-bond donors (Lipinski definition) is 1. The van der Waals surface area contributed by atoms with Gasteiger partial charge in [-0.15, -0.1) is 0 Å². The average molecular weight is 423 g/mol. The van der Waals surface area contributed by atoms with Gasteiger partial charge in [-0.25, -0.2) is 0 Å². The van der Waals surface area contributed by atoms with E-state index in [1.165, 1.54) is 0 Å². The van der Waals surface area contributed by atoms with Crippen LogP contribution in [-0.2, 0) is 6.54 Å². The molecule has 0 aromatic heterocycles. The van der Waals surface area contributed by atoms with Crippen molar-refractivity contribution in [2.75, 3.05) is 19.5 Å². The van der Waals surface area contributed by atoms with Crippen LogP contribution in [0, 0.1) is 6.92 Å². The van der Waals surface area contributed by atoms with Gasteiger partial charge in [0.2, 0.25) is 0 Å². The SMILES string of the molecule is COc1cccc(C(=O)N(C)Cc2cccc(Cl)c2NC(=O)c2ccc(C)cc2)c1. The number of amides is 2. The molecule has 30 heavy (non-hydrogen) atoms. The molecule has 6 heteroatoms. The summed E-state index contributed by atoms with van der Waals surface area (Å²) in [6.45, 7) is 2.24. The van der Waals surface area contributed by atoms with E-state index < -0.39 is 0 Å². The molecule has 1 N–H and O–H groups in total. The Labute approximate surface area is 181 Å². The number of para-hydroxylation sites is 1. The second kappa shape index (κ2) is 9.46. The van der Waals surface area contributed by atoms with Gasteiger partial charge >= 0.3 is 0 Å². The summed E-state index contributed by atoms with van der Waals surface area (Å²) in [6, 6.07) is 19.6. The molecule has 3 aromatic carbocycles. The smallest absolute Gasteiger partial charge is 0.255 e. The minimum Gasteiger partial charge on any atom is -0.497 e. The van der Waals surface area contributed by atoms with Gasteiger partial charge in [0.15, 0.2) is 0 Å². The van der Waals surface area contributed by atoms with Crippen molar-refractivity contribution in [3.05, 3.63) is 94.0 Å². The third kappa shape index (κ3) is 4.99. The Hall–Kier alpha value is -3.31. The molecule has 3 aromatic rings. The van der Waals surface area contributed by atoms with Gasteiger partial charge in [-0.1, -0.05) is 47.5 Å². The number of anilines is 1. The molecule has 0 bridgehead atoms. The molecule has 0 radical (unpaired) electrons. The fraction of sp³-hybridized carbons (Fsp3) is 0.167. The summed E-state index contributed by atoms with van der Waals surface area (Å²) in [5.41, 5.74) is 3.36. The lowest BCUT2D eigenvalue weighted by atomic mass is 10.1. The van der Waals surface area contributed by atoms with E-state index in [9.17, 15) is 9.59 Å². The zero-order valence-electron chi connectivity index (χ0n) is 17.1. The Morgan fingerprint density at radius 2 is 1.70 bits per heavy atom. The molecular formula is C24H23ClN2O3. The van der Waals surface area contributed by atoms with Crippen molar-refractivity contribution in [1.29, 1.82) is 0 Å². The van der Waals surface area contributed by atoms with Crippen LogP contribution in [0.1, 0.15) is 31.8 Å². The quantitative estimate of drug-likeness (QED) is 0.595. The number of hydrogen-bond acceptors (Lipinski definition) is 3. The first-order valence-electron chi connectivity index (χ1n) is 9.44. The minimum absolute atomic E-state index is 0.162. The van der Waals surface area contributed by atoms with Crippen molar-refractivity contribution in [2.45, 2.75) is 13.5 Å². The van der Waals surface area contributed by atoms with E-state index in [0.717, 1.165) is 11.1 Å². The molecule has 3 rings (SSSR count). The highest BCUT2D eigenvalue weighted by atomic mass is 35.5. The van der Waals surface area contributed by atoms with Gasteiger partial charge in [0.1, 0.15) is 5.75 Å². The maximum absolute atomic E-state index is 12.8. The second-order valence-corrected chi connectivity index (χ2v) is 7.39. The van der Waals surface area contributed by atoms with Crippen molar-refractivity contribution in [3.63, 3.8) is 0 Å². The van der Waals surface area contributed by atoms with Crippen molar-refractivity contribution < 1.29 is 14.3 Å². The molecular weight excluding hydrogens is 400 g/mol. The lowest BCUT2D eigenvalue weighted by molar-refractivity contribution is 0.0785. The van der Waals surface area contributed by atoms with E-state index >= 15 is 0 Å².